The average Bonchev–Trinajstić information content (AvgIpc) is 2.60. The fourth-order valence-electron chi connectivity index (χ4n) is 2.39. The number of aliphatic carboxylic acids is 1. The van der Waals surface area contributed by atoms with Crippen molar-refractivity contribution in [3.8, 4) is 5.75 Å². The van der Waals surface area contributed by atoms with Crippen molar-refractivity contribution in [2.45, 2.75) is 32.7 Å². The highest BCUT2D eigenvalue weighted by Gasteiger charge is 2.04. The molecule has 0 unspecified atom stereocenters. The van der Waals surface area contributed by atoms with Crippen molar-refractivity contribution in [1.29, 1.82) is 0 Å². The average molecular weight is 341 g/mol. The summed E-state index contributed by atoms with van der Waals surface area (Å²) in [6, 6.07) is 15.4. The maximum Gasteiger partial charge on any atom is 0.341 e. The third-order valence-corrected chi connectivity index (χ3v) is 3.74. The topological polar surface area (TPSA) is 75.6 Å². The van der Waals surface area contributed by atoms with Gasteiger partial charge in [0.25, 0.3) is 0 Å². The Morgan fingerprint density at radius 2 is 1.84 bits per heavy atom. The lowest BCUT2D eigenvalue weighted by molar-refractivity contribution is -0.139. The molecule has 2 rings (SSSR count). The van der Waals surface area contributed by atoms with Crippen LogP contribution in [0, 0.1) is 6.92 Å². The van der Waals surface area contributed by atoms with Crippen molar-refractivity contribution < 1.29 is 19.4 Å². The number of carbonyl (C=O) groups excluding carboxylic acids is 1. The summed E-state index contributed by atoms with van der Waals surface area (Å²) in [5.74, 6) is -0.537. The molecule has 2 aromatic rings. The van der Waals surface area contributed by atoms with Gasteiger partial charge in [0.15, 0.2) is 6.61 Å². The number of hydrogen-bond acceptors (Lipinski definition) is 3. The fraction of sp³-hybridized carbons (Fsp3) is 0.300. The number of nitrogens with one attached hydrogen (secondary N) is 1. The van der Waals surface area contributed by atoms with Crippen molar-refractivity contribution >= 4 is 11.9 Å². The molecule has 0 aliphatic carbocycles. The van der Waals surface area contributed by atoms with Crippen molar-refractivity contribution in [1.82, 2.24) is 5.32 Å². The molecule has 0 aliphatic rings. The molecule has 25 heavy (non-hydrogen) atoms. The second-order valence-electron chi connectivity index (χ2n) is 5.95. The van der Waals surface area contributed by atoms with E-state index < -0.39 is 5.97 Å². The van der Waals surface area contributed by atoms with Crippen molar-refractivity contribution in [3.63, 3.8) is 0 Å². The van der Waals surface area contributed by atoms with Gasteiger partial charge >= 0.3 is 5.97 Å². The first-order valence-corrected chi connectivity index (χ1v) is 8.29. The summed E-state index contributed by atoms with van der Waals surface area (Å²) in [6.45, 7) is 2.07. The van der Waals surface area contributed by atoms with Gasteiger partial charge in [0, 0.05) is 13.0 Å². The van der Waals surface area contributed by atoms with Gasteiger partial charge in [-0.2, -0.15) is 0 Å². The molecule has 0 saturated heterocycles. The number of carboxylic acid groups (broad SMARTS) is 1. The van der Waals surface area contributed by atoms with E-state index in [-0.39, 0.29) is 12.5 Å². The second kappa shape index (κ2) is 9.47. The molecular weight excluding hydrogens is 318 g/mol. The second-order valence-corrected chi connectivity index (χ2v) is 5.95. The SMILES string of the molecule is Cc1ccc(CCCC(=O)NCc2cccc(OCC(=O)O)c2)cc1. The minimum absolute atomic E-state index is 0.00368. The van der Waals surface area contributed by atoms with Crippen LogP contribution in [0.5, 0.6) is 5.75 Å². The van der Waals surface area contributed by atoms with E-state index in [0.717, 1.165) is 18.4 Å². The Balaban J connectivity index is 1.71. The number of carbonyl (C=O) groups is 2. The van der Waals surface area contributed by atoms with E-state index in [9.17, 15) is 9.59 Å². The molecule has 1 amide bonds. The smallest absolute Gasteiger partial charge is 0.341 e. The standard InChI is InChI=1S/C20H23NO4/c1-15-8-10-16(11-9-15)4-3-7-19(22)21-13-17-5-2-6-18(12-17)25-14-20(23)24/h2,5-6,8-12H,3-4,7,13-14H2,1H3,(H,21,22)(H,23,24). The maximum absolute atomic E-state index is 11.9. The predicted octanol–water partition coefficient (Wildman–Crippen LogP) is 3.10. The molecular formula is C20H23NO4. The Morgan fingerprint density at radius 1 is 1.08 bits per heavy atom. The molecule has 132 valence electrons. The first-order valence-electron chi connectivity index (χ1n) is 8.29. The van der Waals surface area contributed by atoms with E-state index in [1.807, 2.05) is 6.07 Å². The van der Waals surface area contributed by atoms with Gasteiger partial charge in [-0.3, -0.25) is 4.79 Å². The summed E-state index contributed by atoms with van der Waals surface area (Å²) in [4.78, 5) is 22.5. The van der Waals surface area contributed by atoms with Crippen LogP contribution in [-0.4, -0.2) is 23.6 Å². The summed E-state index contributed by atoms with van der Waals surface area (Å²) in [5.41, 5.74) is 3.34. The number of ether oxygens (including phenoxy) is 1. The van der Waals surface area contributed by atoms with E-state index in [1.54, 1.807) is 18.2 Å². The van der Waals surface area contributed by atoms with Gasteiger partial charge in [0.2, 0.25) is 5.91 Å². The Kier molecular flexibility index (Phi) is 7.01. The van der Waals surface area contributed by atoms with Crippen LogP contribution in [0.25, 0.3) is 0 Å². The van der Waals surface area contributed by atoms with Crippen LogP contribution < -0.4 is 10.1 Å². The minimum atomic E-state index is -1.02. The number of rotatable bonds is 9. The molecule has 0 fully saturated rings. The molecule has 2 aromatic carbocycles. The maximum atomic E-state index is 11.9. The molecule has 0 bridgehead atoms. The van der Waals surface area contributed by atoms with Gasteiger partial charge in [0.05, 0.1) is 0 Å². The van der Waals surface area contributed by atoms with Gasteiger partial charge in [-0.15, -0.1) is 0 Å². The quantitative estimate of drug-likeness (QED) is 0.735. The monoisotopic (exact) mass is 341 g/mol. The molecule has 5 nitrogen and oxygen atoms in total. The molecule has 0 heterocycles. The first-order chi connectivity index (χ1) is 12.0. The summed E-state index contributed by atoms with van der Waals surface area (Å²) in [5, 5.41) is 11.5. The third kappa shape index (κ3) is 7.08. The van der Waals surface area contributed by atoms with Crippen LogP contribution in [0.15, 0.2) is 48.5 Å². The number of carboxylic acids is 1. The zero-order chi connectivity index (χ0) is 18.1. The van der Waals surface area contributed by atoms with Gasteiger partial charge in [-0.1, -0.05) is 42.0 Å². The van der Waals surface area contributed by atoms with Crippen molar-refractivity contribution in [2.24, 2.45) is 0 Å². The van der Waals surface area contributed by atoms with Crippen LogP contribution >= 0.6 is 0 Å². The molecule has 2 N–H and O–H groups in total. The Bertz CT molecular complexity index is 710. The molecule has 0 atom stereocenters. The van der Waals surface area contributed by atoms with Crippen LogP contribution in [0.3, 0.4) is 0 Å². The lowest BCUT2D eigenvalue weighted by Gasteiger charge is -2.08. The van der Waals surface area contributed by atoms with E-state index in [4.69, 9.17) is 9.84 Å². The Morgan fingerprint density at radius 3 is 2.56 bits per heavy atom. The molecule has 5 heteroatoms. The predicted molar refractivity (Wildman–Crippen MR) is 95.5 cm³/mol. The van der Waals surface area contributed by atoms with Crippen LogP contribution in [0.4, 0.5) is 0 Å². The van der Waals surface area contributed by atoms with E-state index >= 15 is 0 Å². The lowest BCUT2D eigenvalue weighted by atomic mass is 10.1. The van der Waals surface area contributed by atoms with Crippen LogP contribution in [0.2, 0.25) is 0 Å². The van der Waals surface area contributed by atoms with E-state index in [1.165, 1.54) is 11.1 Å². The van der Waals surface area contributed by atoms with Gasteiger partial charge in [-0.25, -0.2) is 4.79 Å². The highest BCUT2D eigenvalue weighted by Crippen LogP contribution is 2.13. The number of benzene rings is 2. The number of hydrogen-bond donors (Lipinski definition) is 2. The highest BCUT2D eigenvalue weighted by atomic mass is 16.5. The van der Waals surface area contributed by atoms with E-state index in [0.29, 0.717) is 18.7 Å². The summed E-state index contributed by atoms with van der Waals surface area (Å²) in [7, 11) is 0. The molecule has 0 radical (unpaired) electrons. The number of amides is 1. The van der Waals surface area contributed by atoms with Crippen LogP contribution in [0.1, 0.15) is 29.5 Å². The summed E-state index contributed by atoms with van der Waals surface area (Å²) >= 11 is 0. The minimum Gasteiger partial charge on any atom is -0.482 e. The molecule has 0 aliphatic heterocycles. The molecule has 0 aromatic heterocycles. The Labute approximate surface area is 147 Å². The third-order valence-electron chi connectivity index (χ3n) is 3.74. The summed E-state index contributed by atoms with van der Waals surface area (Å²) in [6.07, 6.45) is 2.16. The normalized spacial score (nSPS) is 10.3. The summed E-state index contributed by atoms with van der Waals surface area (Å²) < 4.78 is 5.12. The van der Waals surface area contributed by atoms with Gasteiger partial charge in [-0.05, 0) is 43.0 Å². The Hall–Kier alpha value is -2.82. The van der Waals surface area contributed by atoms with Crippen LogP contribution in [-0.2, 0) is 22.6 Å². The molecule has 0 saturated carbocycles. The van der Waals surface area contributed by atoms with Crippen molar-refractivity contribution in [3.05, 3.63) is 65.2 Å². The zero-order valence-electron chi connectivity index (χ0n) is 14.3. The molecule has 0 spiro atoms. The lowest BCUT2D eigenvalue weighted by Crippen LogP contribution is -2.22. The van der Waals surface area contributed by atoms with Gasteiger partial charge < -0.3 is 15.2 Å². The number of aryl methyl sites for hydroxylation is 2. The zero-order valence-corrected chi connectivity index (χ0v) is 14.3. The van der Waals surface area contributed by atoms with Crippen molar-refractivity contribution in [2.75, 3.05) is 6.61 Å². The fourth-order valence-corrected chi connectivity index (χ4v) is 2.39. The van der Waals surface area contributed by atoms with Gasteiger partial charge in [0.1, 0.15) is 5.75 Å². The first kappa shape index (κ1) is 18.5. The largest absolute Gasteiger partial charge is 0.482 e. The van der Waals surface area contributed by atoms with E-state index in [2.05, 4.69) is 36.5 Å². The highest BCUT2D eigenvalue weighted by molar-refractivity contribution is 5.75.